The molecular formula is C17H27NO2. The molecule has 1 unspecified atom stereocenters. The minimum absolute atomic E-state index is 0.214. The number of aliphatic carboxylic acids is 1. The van der Waals surface area contributed by atoms with E-state index in [-0.39, 0.29) is 5.41 Å². The number of carboxylic acid groups (broad SMARTS) is 1. The largest absolute Gasteiger partial charge is 0.480 e. The maximum atomic E-state index is 11.5. The second-order valence-corrected chi connectivity index (χ2v) is 6.86. The van der Waals surface area contributed by atoms with E-state index in [1.54, 1.807) is 6.92 Å². The lowest BCUT2D eigenvalue weighted by atomic mass is 9.90. The Morgan fingerprint density at radius 2 is 1.70 bits per heavy atom. The summed E-state index contributed by atoms with van der Waals surface area (Å²) in [5.74, 6) is -0.776. The zero-order chi connectivity index (χ0) is 15.2. The zero-order valence-corrected chi connectivity index (χ0v) is 13.1. The molecule has 0 aliphatic rings. The van der Waals surface area contributed by atoms with Gasteiger partial charge in [-0.25, -0.2) is 0 Å². The lowest BCUT2D eigenvalue weighted by Crippen LogP contribution is -2.50. The van der Waals surface area contributed by atoms with Crippen LogP contribution in [0.4, 0.5) is 0 Å². The molecule has 0 saturated heterocycles. The molecule has 0 aliphatic carbocycles. The Labute approximate surface area is 122 Å². The van der Waals surface area contributed by atoms with Crippen molar-refractivity contribution in [2.24, 2.45) is 5.41 Å². The summed E-state index contributed by atoms with van der Waals surface area (Å²) in [4.78, 5) is 11.5. The Morgan fingerprint density at radius 1 is 1.10 bits per heavy atom. The summed E-state index contributed by atoms with van der Waals surface area (Å²) in [6, 6.07) is 10.0. The predicted octanol–water partition coefficient (Wildman–Crippen LogP) is 3.49. The second kappa shape index (κ2) is 6.89. The number of hydrogen-bond donors (Lipinski definition) is 2. The fourth-order valence-electron chi connectivity index (χ4n) is 2.02. The highest BCUT2D eigenvalue weighted by atomic mass is 16.4. The van der Waals surface area contributed by atoms with Crippen LogP contribution in [0.15, 0.2) is 30.3 Å². The zero-order valence-electron chi connectivity index (χ0n) is 13.1. The highest BCUT2D eigenvalue weighted by Gasteiger charge is 2.32. The van der Waals surface area contributed by atoms with Gasteiger partial charge < -0.3 is 10.4 Å². The van der Waals surface area contributed by atoms with Gasteiger partial charge in [0.2, 0.25) is 0 Å². The standard InChI is InChI=1S/C17H27NO2/c1-16(2,3)12-13-18-17(4,15(19)20)11-10-14-8-6-5-7-9-14/h5-9,18H,10-13H2,1-4H3,(H,19,20). The molecule has 0 saturated carbocycles. The van der Waals surface area contributed by atoms with Gasteiger partial charge in [0.15, 0.2) is 0 Å². The summed E-state index contributed by atoms with van der Waals surface area (Å²) in [5.41, 5.74) is 0.532. The minimum atomic E-state index is -0.860. The second-order valence-electron chi connectivity index (χ2n) is 6.86. The van der Waals surface area contributed by atoms with E-state index in [4.69, 9.17) is 0 Å². The van der Waals surface area contributed by atoms with Crippen LogP contribution in [0.1, 0.15) is 46.1 Å². The van der Waals surface area contributed by atoms with E-state index in [0.29, 0.717) is 6.42 Å². The number of nitrogens with one attached hydrogen (secondary N) is 1. The molecule has 0 amide bonds. The molecule has 3 heteroatoms. The van der Waals surface area contributed by atoms with Gasteiger partial charge >= 0.3 is 5.97 Å². The lowest BCUT2D eigenvalue weighted by molar-refractivity contribution is -0.144. The Balaban J connectivity index is 2.56. The van der Waals surface area contributed by atoms with Gasteiger partial charge in [-0.2, -0.15) is 0 Å². The van der Waals surface area contributed by atoms with Crippen molar-refractivity contribution in [2.75, 3.05) is 6.54 Å². The van der Waals surface area contributed by atoms with Gasteiger partial charge in [-0.15, -0.1) is 0 Å². The summed E-state index contributed by atoms with van der Waals surface area (Å²) >= 11 is 0. The molecule has 0 radical (unpaired) electrons. The van der Waals surface area contributed by atoms with Gasteiger partial charge in [0, 0.05) is 0 Å². The predicted molar refractivity (Wildman–Crippen MR) is 82.9 cm³/mol. The molecule has 0 aromatic heterocycles. The molecule has 3 nitrogen and oxygen atoms in total. The van der Waals surface area contributed by atoms with E-state index in [9.17, 15) is 9.90 Å². The Kier molecular flexibility index (Phi) is 5.75. The quantitative estimate of drug-likeness (QED) is 0.802. The molecule has 1 aromatic rings. The van der Waals surface area contributed by atoms with E-state index in [2.05, 4.69) is 26.1 Å². The first-order valence-electron chi connectivity index (χ1n) is 7.25. The molecule has 112 valence electrons. The van der Waals surface area contributed by atoms with Crippen molar-refractivity contribution in [2.45, 2.75) is 52.5 Å². The van der Waals surface area contributed by atoms with Crippen molar-refractivity contribution in [3.63, 3.8) is 0 Å². The maximum Gasteiger partial charge on any atom is 0.323 e. The third-order valence-electron chi connectivity index (χ3n) is 3.62. The fraction of sp³-hybridized carbons (Fsp3) is 0.588. The van der Waals surface area contributed by atoms with Crippen molar-refractivity contribution >= 4 is 5.97 Å². The van der Waals surface area contributed by atoms with Crippen LogP contribution in [-0.2, 0) is 11.2 Å². The molecule has 20 heavy (non-hydrogen) atoms. The highest BCUT2D eigenvalue weighted by molar-refractivity contribution is 5.78. The van der Waals surface area contributed by atoms with Gasteiger partial charge in [0.05, 0.1) is 0 Å². The van der Waals surface area contributed by atoms with Crippen LogP contribution >= 0.6 is 0 Å². The number of carbonyl (C=O) groups is 1. The third-order valence-corrected chi connectivity index (χ3v) is 3.62. The van der Waals surface area contributed by atoms with Crippen LogP contribution in [0, 0.1) is 5.41 Å². The van der Waals surface area contributed by atoms with E-state index >= 15 is 0 Å². The molecule has 0 spiro atoms. The van der Waals surface area contributed by atoms with E-state index in [1.807, 2.05) is 30.3 Å². The van der Waals surface area contributed by atoms with Crippen LogP contribution in [0.25, 0.3) is 0 Å². The fourth-order valence-corrected chi connectivity index (χ4v) is 2.02. The molecule has 2 N–H and O–H groups in total. The Bertz CT molecular complexity index is 422. The van der Waals surface area contributed by atoms with Gasteiger partial charge in [0.1, 0.15) is 5.54 Å². The Hall–Kier alpha value is -1.35. The van der Waals surface area contributed by atoms with Gasteiger partial charge in [-0.3, -0.25) is 4.79 Å². The molecule has 1 aromatic carbocycles. The van der Waals surface area contributed by atoms with Crippen molar-refractivity contribution in [3.8, 4) is 0 Å². The summed E-state index contributed by atoms with van der Waals surface area (Å²) in [5, 5.41) is 12.7. The van der Waals surface area contributed by atoms with Crippen molar-refractivity contribution < 1.29 is 9.90 Å². The average molecular weight is 277 g/mol. The molecule has 1 rings (SSSR count). The van der Waals surface area contributed by atoms with Gasteiger partial charge in [0.25, 0.3) is 0 Å². The monoisotopic (exact) mass is 277 g/mol. The van der Waals surface area contributed by atoms with E-state index < -0.39 is 11.5 Å². The first kappa shape index (κ1) is 16.7. The van der Waals surface area contributed by atoms with E-state index in [1.165, 1.54) is 5.56 Å². The molecular weight excluding hydrogens is 250 g/mol. The first-order chi connectivity index (χ1) is 9.23. The van der Waals surface area contributed by atoms with Crippen LogP contribution in [0.3, 0.4) is 0 Å². The molecule has 0 fully saturated rings. The maximum absolute atomic E-state index is 11.5. The van der Waals surface area contributed by atoms with Crippen LogP contribution in [-0.4, -0.2) is 23.2 Å². The topological polar surface area (TPSA) is 49.3 Å². The average Bonchev–Trinajstić information content (AvgIpc) is 2.36. The lowest BCUT2D eigenvalue weighted by Gasteiger charge is -2.28. The molecule has 0 bridgehead atoms. The number of aryl methyl sites for hydroxylation is 1. The SMILES string of the molecule is CC(C)(C)CCNC(C)(CCc1ccccc1)C(=O)O. The number of benzene rings is 1. The smallest absolute Gasteiger partial charge is 0.323 e. The summed E-state index contributed by atoms with van der Waals surface area (Å²) in [6.45, 7) is 8.99. The summed E-state index contributed by atoms with van der Waals surface area (Å²) in [6.07, 6.45) is 2.32. The normalized spacial score (nSPS) is 14.8. The summed E-state index contributed by atoms with van der Waals surface area (Å²) in [7, 11) is 0. The number of carboxylic acids is 1. The van der Waals surface area contributed by atoms with Crippen LogP contribution < -0.4 is 5.32 Å². The van der Waals surface area contributed by atoms with Crippen molar-refractivity contribution in [1.82, 2.24) is 5.32 Å². The van der Waals surface area contributed by atoms with Gasteiger partial charge in [-0.1, -0.05) is 51.1 Å². The van der Waals surface area contributed by atoms with Crippen LogP contribution in [0.2, 0.25) is 0 Å². The Morgan fingerprint density at radius 3 is 2.20 bits per heavy atom. The molecule has 0 heterocycles. The summed E-state index contributed by atoms with van der Waals surface area (Å²) < 4.78 is 0. The highest BCUT2D eigenvalue weighted by Crippen LogP contribution is 2.19. The molecule has 0 aliphatic heterocycles. The van der Waals surface area contributed by atoms with Crippen molar-refractivity contribution in [3.05, 3.63) is 35.9 Å². The number of rotatable bonds is 7. The molecule has 1 atom stereocenters. The minimum Gasteiger partial charge on any atom is -0.480 e. The third kappa shape index (κ3) is 5.74. The van der Waals surface area contributed by atoms with E-state index in [0.717, 1.165) is 19.4 Å². The number of hydrogen-bond acceptors (Lipinski definition) is 2. The van der Waals surface area contributed by atoms with Crippen LogP contribution in [0.5, 0.6) is 0 Å². The van der Waals surface area contributed by atoms with Gasteiger partial charge in [-0.05, 0) is 43.7 Å². The first-order valence-corrected chi connectivity index (χ1v) is 7.25. The van der Waals surface area contributed by atoms with Crippen molar-refractivity contribution in [1.29, 1.82) is 0 Å².